The van der Waals surface area contributed by atoms with Gasteiger partial charge in [0.2, 0.25) is 0 Å². The zero-order chi connectivity index (χ0) is 16.5. The van der Waals surface area contributed by atoms with Crippen molar-refractivity contribution in [1.29, 1.82) is 0 Å². The summed E-state index contributed by atoms with van der Waals surface area (Å²) in [6, 6.07) is 10.5. The third kappa shape index (κ3) is 5.42. The van der Waals surface area contributed by atoms with Crippen LogP contribution in [0.2, 0.25) is 0 Å². The number of ether oxygens (including phenoxy) is 2. The Morgan fingerprint density at radius 1 is 0.913 bits per heavy atom. The first-order valence-electron chi connectivity index (χ1n) is 8.61. The third-order valence-electron chi connectivity index (χ3n) is 4.01. The van der Waals surface area contributed by atoms with Crippen LogP contribution in [-0.4, -0.2) is 18.5 Å². The third-order valence-corrected chi connectivity index (χ3v) is 4.57. The van der Waals surface area contributed by atoms with Crippen molar-refractivity contribution < 1.29 is 9.47 Å². The average Bonchev–Trinajstić information content (AvgIpc) is 2.57. The van der Waals surface area contributed by atoms with Gasteiger partial charge in [-0.3, -0.25) is 0 Å². The van der Waals surface area contributed by atoms with Crippen LogP contribution in [0.5, 0.6) is 11.5 Å². The van der Waals surface area contributed by atoms with E-state index in [2.05, 4.69) is 60.1 Å². The maximum Gasteiger partial charge on any atom is 0.122 e. The van der Waals surface area contributed by atoms with Crippen LogP contribution < -0.4 is 9.47 Å². The second kappa shape index (κ2) is 9.82. The molecule has 0 saturated carbocycles. The second-order valence-corrected chi connectivity index (χ2v) is 6.66. The fraction of sp³-hybridized carbons (Fsp3) is 0.500. The molecule has 2 rings (SSSR count). The van der Waals surface area contributed by atoms with Crippen molar-refractivity contribution in [2.24, 2.45) is 0 Å². The number of fused-ring (bicyclic) bond motifs is 1. The van der Waals surface area contributed by atoms with Crippen LogP contribution in [0.15, 0.2) is 30.3 Å². The minimum atomic E-state index is 0.745. The molecule has 0 radical (unpaired) electrons. The largest absolute Gasteiger partial charge is 0.494 e. The van der Waals surface area contributed by atoms with E-state index in [4.69, 9.17) is 9.47 Å². The van der Waals surface area contributed by atoms with E-state index in [1.54, 1.807) is 0 Å². The number of hydrogen-bond acceptors (Lipinski definition) is 2. The standard InChI is InChI=1S/C20H27BrO2/c1-3-4-5-6-13-23-20-11-8-17-15-18(22-14-7-12-21)9-10-19(17)16(20)2/h8-11,15H,3-7,12-14H2,1-2H3. The average molecular weight is 379 g/mol. The van der Waals surface area contributed by atoms with Gasteiger partial charge in [0.05, 0.1) is 13.2 Å². The van der Waals surface area contributed by atoms with Gasteiger partial charge in [-0.25, -0.2) is 0 Å². The normalized spacial score (nSPS) is 10.9. The van der Waals surface area contributed by atoms with Crippen molar-refractivity contribution in [2.45, 2.75) is 46.0 Å². The Morgan fingerprint density at radius 3 is 2.52 bits per heavy atom. The molecule has 2 nitrogen and oxygen atoms in total. The minimum absolute atomic E-state index is 0.745. The molecule has 23 heavy (non-hydrogen) atoms. The fourth-order valence-corrected chi connectivity index (χ4v) is 2.87. The van der Waals surface area contributed by atoms with E-state index in [-0.39, 0.29) is 0 Å². The van der Waals surface area contributed by atoms with Crippen LogP contribution in [0.4, 0.5) is 0 Å². The van der Waals surface area contributed by atoms with Gasteiger partial charge < -0.3 is 9.47 Å². The summed E-state index contributed by atoms with van der Waals surface area (Å²) in [5, 5.41) is 3.42. The van der Waals surface area contributed by atoms with Gasteiger partial charge in [0.1, 0.15) is 11.5 Å². The molecule has 0 heterocycles. The maximum absolute atomic E-state index is 5.96. The number of unbranched alkanes of at least 4 members (excludes halogenated alkanes) is 3. The molecule has 0 spiro atoms. The van der Waals surface area contributed by atoms with Crippen LogP contribution in [0.1, 0.15) is 44.6 Å². The lowest BCUT2D eigenvalue weighted by Crippen LogP contribution is -2.00. The second-order valence-electron chi connectivity index (χ2n) is 5.87. The molecule has 3 heteroatoms. The van der Waals surface area contributed by atoms with Crippen LogP contribution in [0, 0.1) is 6.92 Å². The molecule has 0 aromatic heterocycles. The summed E-state index contributed by atoms with van der Waals surface area (Å²) in [7, 11) is 0. The summed E-state index contributed by atoms with van der Waals surface area (Å²) >= 11 is 3.42. The number of rotatable bonds is 10. The van der Waals surface area contributed by atoms with E-state index in [1.165, 1.54) is 35.6 Å². The predicted octanol–water partition coefficient (Wildman–Crippen LogP) is 6.27. The van der Waals surface area contributed by atoms with Crippen molar-refractivity contribution in [3.63, 3.8) is 0 Å². The van der Waals surface area contributed by atoms with Crippen LogP contribution >= 0.6 is 15.9 Å². The van der Waals surface area contributed by atoms with Crippen LogP contribution in [0.3, 0.4) is 0 Å². The highest BCUT2D eigenvalue weighted by Crippen LogP contribution is 2.30. The summed E-state index contributed by atoms with van der Waals surface area (Å²) in [4.78, 5) is 0. The molecule has 0 amide bonds. The molecule has 2 aromatic carbocycles. The van der Waals surface area contributed by atoms with Gasteiger partial charge in [-0.2, -0.15) is 0 Å². The molecule has 126 valence electrons. The van der Waals surface area contributed by atoms with Crippen molar-refractivity contribution >= 4 is 26.7 Å². The quantitative estimate of drug-likeness (QED) is 0.358. The number of alkyl halides is 1. The lowest BCUT2D eigenvalue weighted by Gasteiger charge is -2.12. The van der Waals surface area contributed by atoms with E-state index < -0.39 is 0 Å². The van der Waals surface area contributed by atoms with E-state index in [0.717, 1.165) is 42.9 Å². The summed E-state index contributed by atoms with van der Waals surface area (Å²) in [5.74, 6) is 1.94. The van der Waals surface area contributed by atoms with Crippen molar-refractivity contribution in [3.8, 4) is 11.5 Å². The van der Waals surface area contributed by atoms with Crippen LogP contribution in [0.25, 0.3) is 10.8 Å². The van der Waals surface area contributed by atoms with E-state index in [0.29, 0.717) is 0 Å². The highest BCUT2D eigenvalue weighted by molar-refractivity contribution is 9.09. The molecule has 0 atom stereocenters. The lowest BCUT2D eigenvalue weighted by atomic mass is 10.0. The molecule has 0 fully saturated rings. The number of hydrogen-bond donors (Lipinski definition) is 0. The van der Waals surface area contributed by atoms with Crippen molar-refractivity contribution in [1.82, 2.24) is 0 Å². The molecule has 0 aliphatic carbocycles. The highest BCUT2D eigenvalue weighted by atomic mass is 79.9. The molecule has 0 saturated heterocycles. The molecule has 0 unspecified atom stereocenters. The van der Waals surface area contributed by atoms with Crippen LogP contribution in [-0.2, 0) is 0 Å². The Hall–Kier alpha value is -1.22. The van der Waals surface area contributed by atoms with Crippen molar-refractivity contribution in [3.05, 3.63) is 35.9 Å². The molecule has 2 aromatic rings. The SMILES string of the molecule is CCCCCCOc1ccc2cc(OCCCBr)ccc2c1C. The number of benzene rings is 2. The summed E-state index contributed by atoms with van der Waals surface area (Å²) in [5.41, 5.74) is 1.21. The van der Waals surface area contributed by atoms with E-state index in [9.17, 15) is 0 Å². The fourth-order valence-electron chi connectivity index (χ4n) is 2.65. The van der Waals surface area contributed by atoms with Gasteiger partial charge in [0, 0.05) is 5.33 Å². The first-order chi connectivity index (χ1) is 11.3. The summed E-state index contributed by atoms with van der Waals surface area (Å²) < 4.78 is 11.7. The zero-order valence-corrected chi connectivity index (χ0v) is 15.8. The molecule has 0 N–H and O–H groups in total. The number of aryl methyl sites for hydroxylation is 1. The van der Waals surface area contributed by atoms with Gasteiger partial charge in [0.25, 0.3) is 0 Å². The molecular weight excluding hydrogens is 352 g/mol. The highest BCUT2D eigenvalue weighted by Gasteiger charge is 2.06. The Morgan fingerprint density at radius 2 is 1.74 bits per heavy atom. The topological polar surface area (TPSA) is 18.5 Å². The van der Waals surface area contributed by atoms with Gasteiger partial charge in [0.15, 0.2) is 0 Å². The van der Waals surface area contributed by atoms with Gasteiger partial charge in [-0.15, -0.1) is 0 Å². The Bertz CT molecular complexity index is 610. The first kappa shape index (κ1) is 18.1. The van der Waals surface area contributed by atoms with Gasteiger partial charge >= 0.3 is 0 Å². The Balaban J connectivity index is 2.02. The predicted molar refractivity (Wildman–Crippen MR) is 102 cm³/mol. The Kier molecular flexibility index (Phi) is 7.73. The Labute approximate surface area is 148 Å². The lowest BCUT2D eigenvalue weighted by molar-refractivity contribution is 0.303. The molecular formula is C20H27BrO2. The van der Waals surface area contributed by atoms with E-state index in [1.807, 2.05) is 0 Å². The minimum Gasteiger partial charge on any atom is -0.494 e. The molecule has 0 aliphatic rings. The van der Waals surface area contributed by atoms with Gasteiger partial charge in [-0.1, -0.05) is 54.2 Å². The summed E-state index contributed by atoms with van der Waals surface area (Å²) in [6.07, 6.45) is 5.94. The maximum atomic E-state index is 5.96. The van der Waals surface area contributed by atoms with Crippen molar-refractivity contribution in [2.75, 3.05) is 18.5 Å². The first-order valence-corrected chi connectivity index (χ1v) is 9.73. The number of halogens is 1. The zero-order valence-electron chi connectivity index (χ0n) is 14.2. The smallest absolute Gasteiger partial charge is 0.122 e. The summed E-state index contributed by atoms with van der Waals surface area (Å²) in [6.45, 7) is 5.91. The van der Waals surface area contributed by atoms with Gasteiger partial charge in [-0.05, 0) is 54.3 Å². The monoisotopic (exact) mass is 378 g/mol. The molecule has 0 bridgehead atoms. The van der Waals surface area contributed by atoms with E-state index >= 15 is 0 Å². The molecule has 0 aliphatic heterocycles.